The Morgan fingerprint density at radius 3 is 2.47 bits per heavy atom. The second kappa shape index (κ2) is 11.3. The molecule has 0 saturated carbocycles. The smallest absolute Gasteiger partial charge is 1.00 e. The standard InChI is InChI=1S/C7H8AsNO4S.CH4O.Na/c10-7-2-1-5(8-11)3-6(7)9-4-14(12)13;1-2;/h1-3,9-10H,4H2,(H,12,13);2H,1H3;/q;;+1. The molecule has 0 spiro atoms. The van der Waals surface area contributed by atoms with Gasteiger partial charge < -0.3 is 5.11 Å². The van der Waals surface area contributed by atoms with Gasteiger partial charge in [0.2, 0.25) is 0 Å². The van der Waals surface area contributed by atoms with E-state index < -0.39 is 26.8 Å². The van der Waals surface area contributed by atoms with E-state index in [1.165, 1.54) is 12.1 Å². The maximum atomic E-state index is 10.6. The third-order valence-electron chi connectivity index (χ3n) is 1.47. The Balaban J connectivity index is 0. The number of phenols is 1. The number of aliphatic hydroxyl groups excluding tert-OH is 1. The number of phenolic OH excluding ortho intramolecular Hbond substituents is 1. The van der Waals surface area contributed by atoms with Crippen LogP contribution in [0.15, 0.2) is 18.2 Å². The van der Waals surface area contributed by atoms with Gasteiger partial charge in [0.15, 0.2) is 0 Å². The topological polar surface area (TPSA) is 107 Å². The van der Waals surface area contributed by atoms with Gasteiger partial charge >= 0.3 is 119 Å². The maximum absolute atomic E-state index is 10.6. The Bertz CT molecular complexity index is 379. The minimum absolute atomic E-state index is 0. The number of aliphatic hydroxyl groups is 1. The molecule has 0 radical (unpaired) electrons. The molecule has 17 heavy (non-hydrogen) atoms. The van der Waals surface area contributed by atoms with Crippen molar-refractivity contribution in [2.75, 3.05) is 18.3 Å². The first-order valence-electron chi connectivity index (χ1n) is 4.06. The van der Waals surface area contributed by atoms with E-state index in [4.69, 9.17) is 9.66 Å². The van der Waals surface area contributed by atoms with E-state index in [2.05, 4.69) is 5.32 Å². The Kier molecular flexibility index (Phi) is 13.1. The fourth-order valence-corrected chi connectivity index (χ4v) is 1.81. The first kappa shape index (κ1) is 19.6. The molecule has 1 aromatic rings. The molecule has 0 fully saturated rings. The van der Waals surface area contributed by atoms with Crippen molar-refractivity contribution >= 4 is 36.8 Å². The van der Waals surface area contributed by atoms with Crippen molar-refractivity contribution in [3.05, 3.63) is 18.2 Å². The van der Waals surface area contributed by atoms with Crippen LogP contribution in [-0.2, 0) is 14.8 Å². The number of nitrogens with one attached hydrogen (secondary N) is 1. The summed E-state index contributed by atoms with van der Waals surface area (Å²) in [6.07, 6.45) is 0. The second-order valence-corrected chi connectivity index (χ2v) is 4.83. The predicted molar refractivity (Wildman–Crippen MR) is 61.6 cm³/mol. The van der Waals surface area contributed by atoms with Crippen molar-refractivity contribution in [3.8, 4) is 5.75 Å². The average Bonchev–Trinajstić information content (AvgIpc) is 2.30. The quantitative estimate of drug-likeness (QED) is 0.257. The summed E-state index contributed by atoms with van der Waals surface area (Å²) >= 11 is -3.13. The third-order valence-corrected chi connectivity index (χ3v) is 2.89. The molecular weight excluding hydrogens is 320 g/mol. The van der Waals surface area contributed by atoms with Gasteiger partial charge in [-0.1, -0.05) is 0 Å². The van der Waals surface area contributed by atoms with Gasteiger partial charge in [0.25, 0.3) is 0 Å². The Morgan fingerprint density at radius 2 is 2.00 bits per heavy atom. The summed E-state index contributed by atoms with van der Waals surface area (Å²) in [4.78, 5) is 0. The van der Waals surface area contributed by atoms with Crippen LogP contribution in [0.2, 0.25) is 0 Å². The number of hydrogen-bond acceptors (Lipinski definition) is 5. The number of rotatable bonds is 4. The predicted octanol–water partition coefficient (Wildman–Crippen LogP) is -3.73. The number of hydrogen-bond donors (Lipinski definition) is 4. The summed E-state index contributed by atoms with van der Waals surface area (Å²) in [5, 5.41) is 18.9. The molecule has 0 aromatic heterocycles. The third kappa shape index (κ3) is 8.05. The van der Waals surface area contributed by atoms with Crippen LogP contribution in [-0.4, -0.2) is 47.7 Å². The minimum atomic E-state index is -1.98. The Morgan fingerprint density at radius 1 is 1.41 bits per heavy atom. The zero-order valence-electron chi connectivity index (χ0n) is 9.45. The molecule has 9 heteroatoms. The number of anilines is 1. The van der Waals surface area contributed by atoms with E-state index in [1.54, 1.807) is 6.07 Å². The molecular formula is C8H12AsNNaO5S+. The van der Waals surface area contributed by atoms with Gasteiger partial charge in [-0.05, 0) is 0 Å². The molecule has 0 aliphatic heterocycles. The normalized spacial score (nSPS) is 10.8. The Labute approximate surface area is 130 Å². The molecule has 0 aliphatic carbocycles. The molecule has 0 bridgehead atoms. The molecule has 1 atom stereocenters. The van der Waals surface area contributed by atoms with Crippen LogP contribution in [0.4, 0.5) is 5.69 Å². The number of aromatic hydroxyl groups is 1. The SMILES string of the molecule is CO.O=[As]c1ccc(O)c(NCS(=O)O)c1.[Na+]. The largest absolute Gasteiger partial charge is 1.00 e. The summed E-state index contributed by atoms with van der Waals surface area (Å²) in [6, 6.07) is 4.43. The first-order chi connectivity index (χ1) is 7.63. The fourth-order valence-electron chi connectivity index (χ4n) is 0.862. The van der Waals surface area contributed by atoms with Crippen molar-refractivity contribution in [2.45, 2.75) is 0 Å². The van der Waals surface area contributed by atoms with Crippen LogP contribution in [0.25, 0.3) is 0 Å². The van der Waals surface area contributed by atoms with E-state index in [0.29, 0.717) is 10.0 Å². The van der Waals surface area contributed by atoms with Gasteiger partial charge in [0, 0.05) is 7.11 Å². The zero-order valence-corrected chi connectivity index (χ0v) is 14.1. The van der Waals surface area contributed by atoms with Gasteiger partial charge in [-0.15, -0.1) is 0 Å². The minimum Gasteiger partial charge on any atom is 1.00 e. The van der Waals surface area contributed by atoms with E-state index in [1.807, 2.05) is 0 Å². The molecule has 0 heterocycles. The van der Waals surface area contributed by atoms with E-state index in [0.717, 1.165) is 7.11 Å². The zero-order chi connectivity index (χ0) is 12.6. The van der Waals surface area contributed by atoms with Crippen LogP contribution in [0, 0.1) is 0 Å². The summed E-state index contributed by atoms with van der Waals surface area (Å²) in [7, 11) is 1.00. The molecule has 0 amide bonds. The number of benzene rings is 1. The van der Waals surface area contributed by atoms with Crippen molar-refractivity contribution in [1.29, 1.82) is 0 Å². The average molecular weight is 332 g/mol. The summed E-state index contributed by atoms with van der Waals surface area (Å²) < 4.78 is 30.1. The molecule has 90 valence electrons. The fraction of sp³-hybridized carbons (Fsp3) is 0.250. The molecule has 1 aromatic carbocycles. The van der Waals surface area contributed by atoms with Crippen molar-refractivity contribution in [2.24, 2.45) is 0 Å². The van der Waals surface area contributed by atoms with Crippen LogP contribution in [0.5, 0.6) is 5.75 Å². The van der Waals surface area contributed by atoms with Crippen molar-refractivity contribution in [3.63, 3.8) is 0 Å². The summed E-state index contributed by atoms with van der Waals surface area (Å²) in [6.45, 7) is 0. The maximum Gasteiger partial charge on any atom is 1.00 e. The van der Waals surface area contributed by atoms with Gasteiger partial charge in [-0.2, -0.15) is 0 Å². The van der Waals surface area contributed by atoms with Gasteiger partial charge in [0.1, 0.15) is 0 Å². The first-order valence-corrected chi connectivity index (χ1v) is 7.04. The summed E-state index contributed by atoms with van der Waals surface area (Å²) in [5.74, 6) is -0.208. The van der Waals surface area contributed by atoms with Gasteiger partial charge in [-0.3, -0.25) is 0 Å². The molecule has 6 nitrogen and oxygen atoms in total. The molecule has 1 rings (SSSR count). The van der Waals surface area contributed by atoms with E-state index >= 15 is 0 Å². The second-order valence-electron chi connectivity index (χ2n) is 2.44. The van der Waals surface area contributed by atoms with Crippen LogP contribution in [0.1, 0.15) is 0 Å². The van der Waals surface area contributed by atoms with Crippen molar-refractivity contribution in [1.82, 2.24) is 0 Å². The molecule has 1 unspecified atom stereocenters. The Hall–Kier alpha value is 0.248. The molecule has 0 aliphatic rings. The van der Waals surface area contributed by atoms with E-state index in [-0.39, 0.29) is 41.2 Å². The van der Waals surface area contributed by atoms with Crippen LogP contribution < -0.4 is 39.2 Å². The molecule has 4 N–H and O–H groups in total. The monoisotopic (exact) mass is 332 g/mol. The van der Waals surface area contributed by atoms with Crippen molar-refractivity contribution < 1.29 is 52.3 Å². The van der Waals surface area contributed by atoms with E-state index in [9.17, 15) is 13.1 Å². The summed E-state index contributed by atoms with van der Waals surface area (Å²) in [5.41, 5.74) is 0.316. The molecule has 0 saturated heterocycles. The van der Waals surface area contributed by atoms with Gasteiger partial charge in [-0.25, -0.2) is 0 Å². The van der Waals surface area contributed by atoms with Crippen LogP contribution >= 0.6 is 0 Å². The van der Waals surface area contributed by atoms with Crippen LogP contribution in [0.3, 0.4) is 0 Å². The van der Waals surface area contributed by atoms with Gasteiger partial charge in [0.05, 0.1) is 0 Å².